The number of nitrogens with one attached hydrogen (secondary N) is 1. The predicted octanol–water partition coefficient (Wildman–Crippen LogP) is 3.21. The van der Waals surface area contributed by atoms with Crippen LogP contribution in [0.5, 0.6) is 11.8 Å². The normalized spacial score (nSPS) is 10.5. The third kappa shape index (κ3) is 2.97. The van der Waals surface area contributed by atoms with E-state index in [1.807, 2.05) is 32.0 Å². The molecule has 0 fully saturated rings. The van der Waals surface area contributed by atoms with Crippen molar-refractivity contribution < 1.29 is 4.74 Å². The zero-order valence-electron chi connectivity index (χ0n) is 9.83. The Hall–Kier alpha value is -1.55. The van der Waals surface area contributed by atoms with Crippen molar-refractivity contribution in [1.82, 2.24) is 15.2 Å². The van der Waals surface area contributed by atoms with Gasteiger partial charge in [0, 0.05) is 29.4 Å². The SMILES string of the molecule is CCc1cc(CCl)cc(Oc2cc(C)[nH]n2)n1. The number of aryl methyl sites for hydroxylation is 2. The Morgan fingerprint density at radius 3 is 2.71 bits per heavy atom. The van der Waals surface area contributed by atoms with Crippen molar-refractivity contribution in [3.63, 3.8) is 0 Å². The van der Waals surface area contributed by atoms with Crippen LogP contribution >= 0.6 is 11.6 Å². The molecule has 90 valence electrons. The van der Waals surface area contributed by atoms with E-state index in [4.69, 9.17) is 16.3 Å². The second-order valence-corrected chi connectivity index (χ2v) is 4.05. The molecule has 0 aromatic carbocycles. The standard InChI is InChI=1S/C12H14ClN3O/c1-3-10-5-9(7-13)6-11(14-10)17-12-4-8(2)15-16-12/h4-6H,3,7H2,1-2H3,(H,15,16). The van der Waals surface area contributed by atoms with E-state index in [1.165, 1.54) is 0 Å². The maximum absolute atomic E-state index is 5.83. The minimum Gasteiger partial charge on any atom is -0.419 e. The van der Waals surface area contributed by atoms with E-state index in [-0.39, 0.29) is 0 Å². The number of alkyl halides is 1. The first-order chi connectivity index (χ1) is 8.21. The van der Waals surface area contributed by atoms with E-state index in [9.17, 15) is 0 Å². The van der Waals surface area contributed by atoms with Crippen molar-refractivity contribution in [3.8, 4) is 11.8 Å². The van der Waals surface area contributed by atoms with Gasteiger partial charge in [-0.3, -0.25) is 5.10 Å². The van der Waals surface area contributed by atoms with Gasteiger partial charge in [0.2, 0.25) is 11.8 Å². The molecule has 2 aromatic heterocycles. The van der Waals surface area contributed by atoms with Crippen LogP contribution in [-0.4, -0.2) is 15.2 Å². The van der Waals surface area contributed by atoms with Gasteiger partial charge in [0.15, 0.2) is 0 Å². The number of aromatic amines is 1. The highest BCUT2D eigenvalue weighted by atomic mass is 35.5. The van der Waals surface area contributed by atoms with Gasteiger partial charge >= 0.3 is 0 Å². The zero-order valence-corrected chi connectivity index (χ0v) is 10.6. The van der Waals surface area contributed by atoms with Gasteiger partial charge < -0.3 is 4.74 Å². The molecule has 0 aliphatic rings. The fourth-order valence-electron chi connectivity index (χ4n) is 1.48. The lowest BCUT2D eigenvalue weighted by Gasteiger charge is -2.05. The van der Waals surface area contributed by atoms with Crippen LogP contribution in [-0.2, 0) is 12.3 Å². The van der Waals surface area contributed by atoms with Gasteiger partial charge in [-0.15, -0.1) is 16.7 Å². The van der Waals surface area contributed by atoms with Crippen molar-refractivity contribution in [2.45, 2.75) is 26.1 Å². The fourth-order valence-corrected chi connectivity index (χ4v) is 1.64. The molecule has 0 atom stereocenters. The van der Waals surface area contributed by atoms with E-state index < -0.39 is 0 Å². The van der Waals surface area contributed by atoms with Gasteiger partial charge in [0.05, 0.1) is 0 Å². The largest absolute Gasteiger partial charge is 0.419 e. The van der Waals surface area contributed by atoms with Crippen LogP contribution in [0.4, 0.5) is 0 Å². The van der Waals surface area contributed by atoms with Gasteiger partial charge in [-0.2, -0.15) is 0 Å². The molecule has 0 aliphatic heterocycles. The van der Waals surface area contributed by atoms with Crippen LogP contribution in [0.2, 0.25) is 0 Å². The molecule has 4 nitrogen and oxygen atoms in total. The average molecular weight is 252 g/mol. The first kappa shape index (κ1) is 11.9. The topological polar surface area (TPSA) is 50.8 Å². The molecule has 17 heavy (non-hydrogen) atoms. The Balaban J connectivity index is 2.25. The second kappa shape index (κ2) is 5.19. The Kier molecular flexibility index (Phi) is 3.64. The van der Waals surface area contributed by atoms with Gasteiger partial charge in [-0.1, -0.05) is 6.92 Å². The Bertz CT molecular complexity index is 488. The third-order valence-electron chi connectivity index (χ3n) is 2.32. The van der Waals surface area contributed by atoms with Crippen LogP contribution in [0, 0.1) is 6.92 Å². The molecular weight excluding hydrogens is 238 g/mol. The summed E-state index contributed by atoms with van der Waals surface area (Å²) in [5.74, 6) is 1.50. The Labute approximate surface area is 105 Å². The number of nitrogens with zero attached hydrogens (tertiary/aromatic N) is 2. The number of pyridine rings is 1. The van der Waals surface area contributed by atoms with Crippen molar-refractivity contribution in [1.29, 1.82) is 0 Å². The summed E-state index contributed by atoms with van der Waals surface area (Å²) in [5.41, 5.74) is 2.91. The molecule has 0 aliphatic carbocycles. The monoisotopic (exact) mass is 251 g/mol. The third-order valence-corrected chi connectivity index (χ3v) is 2.63. The lowest BCUT2D eigenvalue weighted by Crippen LogP contribution is -1.95. The lowest BCUT2D eigenvalue weighted by molar-refractivity contribution is 0.441. The molecule has 2 rings (SSSR count). The summed E-state index contributed by atoms with van der Waals surface area (Å²) in [6.07, 6.45) is 0.848. The van der Waals surface area contributed by atoms with Gasteiger partial charge in [0.1, 0.15) is 0 Å². The number of rotatable bonds is 4. The average Bonchev–Trinajstić information content (AvgIpc) is 2.74. The molecular formula is C12H14ClN3O. The number of aromatic nitrogens is 3. The molecule has 0 saturated heterocycles. The second-order valence-electron chi connectivity index (χ2n) is 3.78. The molecule has 0 spiro atoms. The van der Waals surface area contributed by atoms with Crippen molar-refractivity contribution in [2.24, 2.45) is 0 Å². The number of hydrogen-bond donors (Lipinski definition) is 1. The summed E-state index contributed by atoms with van der Waals surface area (Å²) < 4.78 is 5.57. The maximum Gasteiger partial charge on any atom is 0.240 e. The fraction of sp³-hybridized carbons (Fsp3) is 0.333. The van der Waals surface area contributed by atoms with Crippen molar-refractivity contribution in [2.75, 3.05) is 0 Å². The van der Waals surface area contributed by atoms with Crippen LogP contribution in [0.15, 0.2) is 18.2 Å². The Morgan fingerprint density at radius 2 is 2.12 bits per heavy atom. The van der Waals surface area contributed by atoms with E-state index in [0.29, 0.717) is 17.6 Å². The van der Waals surface area contributed by atoms with Gasteiger partial charge in [0.25, 0.3) is 0 Å². The van der Waals surface area contributed by atoms with E-state index >= 15 is 0 Å². The molecule has 1 N–H and O–H groups in total. The summed E-state index contributed by atoms with van der Waals surface area (Å²) >= 11 is 5.83. The molecule has 2 aromatic rings. The number of ether oxygens (including phenoxy) is 1. The smallest absolute Gasteiger partial charge is 0.240 e. The molecule has 0 unspecified atom stereocenters. The van der Waals surface area contributed by atoms with Gasteiger partial charge in [-0.25, -0.2) is 4.98 Å². The van der Waals surface area contributed by atoms with Crippen LogP contribution in [0.1, 0.15) is 23.9 Å². The first-order valence-electron chi connectivity index (χ1n) is 5.47. The van der Waals surface area contributed by atoms with Crippen LogP contribution in [0.25, 0.3) is 0 Å². The highest BCUT2D eigenvalue weighted by Crippen LogP contribution is 2.20. The van der Waals surface area contributed by atoms with Crippen LogP contribution < -0.4 is 4.74 Å². The minimum atomic E-state index is 0.450. The van der Waals surface area contributed by atoms with Gasteiger partial charge in [-0.05, 0) is 25.0 Å². The molecule has 2 heterocycles. The summed E-state index contributed by atoms with van der Waals surface area (Å²) in [6, 6.07) is 5.63. The minimum absolute atomic E-state index is 0.450. The molecule has 0 bridgehead atoms. The zero-order chi connectivity index (χ0) is 12.3. The Morgan fingerprint density at radius 1 is 1.29 bits per heavy atom. The predicted molar refractivity (Wildman–Crippen MR) is 66.6 cm³/mol. The summed E-state index contributed by atoms with van der Waals surface area (Å²) in [4.78, 5) is 4.37. The quantitative estimate of drug-likeness (QED) is 0.849. The summed E-state index contributed by atoms with van der Waals surface area (Å²) in [5, 5.41) is 6.82. The van der Waals surface area contributed by atoms with Crippen molar-refractivity contribution >= 4 is 11.6 Å². The molecule has 5 heteroatoms. The molecule has 0 saturated carbocycles. The number of halogens is 1. The van der Waals surface area contributed by atoms with E-state index in [1.54, 1.807) is 0 Å². The highest BCUT2D eigenvalue weighted by Gasteiger charge is 2.05. The number of H-pyrrole nitrogens is 1. The summed E-state index contributed by atoms with van der Waals surface area (Å²) in [6.45, 7) is 3.96. The maximum atomic E-state index is 5.83. The summed E-state index contributed by atoms with van der Waals surface area (Å²) in [7, 11) is 0. The van der Waals surface area contributed by atoms with E-state index in [0.717, 1.165) is 23.4 Å². The lowest BCUT2D eigenvalue weighted by atomic mass is 10.2. The van der Waals surface area contributed by atoms with E-state index in [2.05, 4.69) is 15.2 Å². The molecule has 0 amide bonds. The van der Waals surface area contributed by atoms with Crippen LogP contribution in [0.3, 0.4) is 0 Å². The van der Waals surface area contributed by atoms with Crippen molar-refractivity contribution in [3.05, 3.63) is 35.2 Å². The first-order valence-corrected chi connectivity index (χ1v) is 6.00. The molecule has 0 radical (unpaired) electrons. The number of hydrogen-bond acceptors (Lipinski definition) is 3. The highest BCUT2D eigenvalue weighted by molar-refractivity contribution is 6.17.